The van der Waals surface area contributed by atoms with Gasteiger partial charge in [0.1, 0.15) is 0 Å². The Morgan fingerprint density at radius 3 is 2.80 bits per heavy atom. The number of oxime groups is 1. The van der Waals surface area contributed by atoms with Crippen LogP contribution in [0.3, 0.4) is 0 Å². The molecule has 0 spiro atoms. The van der Waals surface area contributed by atoms with E-state index in [-0.39, 0.29) is 5.97 Å². The van der Waals surface area contributed by atoms with Gasteiger partial charge in [0.05, 0.1) is 12.1 Å². The van der Waals surface area contributed by atoms with Crippen molar-refractivity contribution in [3.05, 3.63) is 0 Å². The number of carbonyl (C=O) groups is 1. The smallest absolute Gasteiger partial charge is 0.318 e. The lowest BCUT2D eigenvalue weighted by atomic mass is 10.1. The van der Waals surface area contributed by atoms with E-state index >= 15 is 0 Å². The standard InChI is InChI=1S/C7H9NO2/c1-4-2-5(4)6-3-7(9)10-8-6/h4-5H,2-3H2,1H3/t4-,5+/m0/s1. The highest BCUT2D eigenvalue weighted by Gasteiger charge is 2.40. The maximum atomic E-state index is 10.6. The summed E-state index contributed by atoms with van der Waals surface area (Å²) in [6.45, 7) is 2.16. The van der Waals surface area contributed by atoms with Crippen LogP contribution in [0.15, 0.2) is 5.16 Å². The summed E-state index contributed by atoms with van der Waals surface area (Å²) in [5.41, 5.74) is 0.956. The highest BCUT2D eigenvalue weighted by molar-refractivity contribution is 6.04. The number of rotatable bonds is 1. The van der Waals surface area contributed by atoms with Crippen LogP contribution >= 0.6 is 0 Å². The van der Waals surface area contributed by atoms with E-state index in [1.165, 1.54) is 6.42 Å². The quantitative estimate of drug-likeness (QED) is 0.507. The van der Waals surface area contributed by atoms with Crippen molar-refractivity contribution in [2.24, 2.45) is 17.0 Å². The molecule has 0 radical (unpaired) electrons. The number of hydrogen-bond donors (Lipinski definition) is 0. The topological polar surface area (TPSA) is 38.7 Å². The molecule has 54 valence electrons. The minimum atomic E-state index is -0.200. The number of hydrogen-bond acceptors (Lipinski definition) is 3. The summed E-state index contributed by atoms with van der Waals surface area (Å²) < 4.78 is 0. The molecule has 0 aromatic carbocycles. The van der Waals surface area contributed by atoms with Crippen molar-refractivity contribution in [2.75, 3.05) is 0 Å². The Bertz CT molecular complexity index is 210. The van der Waals surface area contributed by atoms with E-state index in [9.17, 15) is 4.79 Å². The molecule has 0 saturated heterocycles. The summed E-state index contributed by atoms with van der Waals surface area (Å²) in [7, 11) is 0. The SMILES string of the molecule is C[C@H]1C[C@H]1C1=NOC(=O)C1. The normalized spacial score (nSPS) is 37.3. The molecule has 2 rings (SSSR count). The molecule has 2 aliphatic rings. The van der Waals surface area contributed by atoms with Crippen LogP contribution in [0.2, 0.25) is 0 Å². The Morgan fingerprint density at radius 2 is 2.40 bits per heavy atom. The maximum absolute atomic E-state index is 10.6. The second-order valence-electron chi connectivity index (χ2n) is 3.04. The fourth-order valence-electron chi connectivity index (χ4n) is 1.31. The summed E-state index contributed by atoms with van der Waals surface area (Å²) in [5.74, 6) is 1.06. The largest absolute Gasteiger partial charge is 0.340 e. The van der Waals surface area contributed by atoms with Crippen molar-refractivity contribution >= 4 is 11.7 Å². The minimum absolute atomic E-state index is 0.200. The van der Waals surface area contributed by atoms with Crippen molar-refractivity contribution in [1.82, 2.24) is 0 Å². The van der Waals surface area contributed by atoms with Crippen LogP contribution in [0.1, 0.15) is 19.8 Å². The maximum Gasteiger partial charge on any atom is 0.340 e. The van der Waals surface area contributed by atoms with Crippen molar-refractivity contribution in [3.63, 3.8) is 0 Å². The van der Waals surface area contributed by atoms with Crippen molar-refractivity contribution in [3.8, 4) is 0 Å². The van der Waals surface area contributed by atoms with Crippen LogP contribution in [-0.4, -0.2) is 11.7 Å². The molecule has 0 amide bonds. The predicted molar refractivity (Wildman–Crippen MR) is 35.4 cm³/mol. The summed E-state index contributed by atoms with van der Waals surface area (Å²) in [5, 5.41) is 3.70. The van der Waals surface area contributed by atoms with Crippen molar-refractivity contribution < 1.29 is 9.63 Å². The van der Waals surface area contributed by atoms with Gasteiger partial charge in [-0.25, -0.2) is 4.79 Å². The Kier molecular flexibility index (Phi) is 1.07. The highest BCUT2D eigenvalue weighted by Crippen LogP contribution is 2.40. The van der Waals surface area contributed by atoms with E-state index in [0.29, 0.717) is 18.3 Å². The molecule has 0 aromatic heterocycles. The summed E-state index contributed by atoms with van der Waals surface area (Å²) in [6, 6.07) is 0. The molecule has 0 unspecified atom stereocenters. The molecule has 1 saturated carbocycles. The lowest BCUT2D eigenvalue weighted by Gasteiger charge is -1.87. The van der Waals surface area contributed by atoms with E-state index in [1.54, 1.807) is 0 Å². The highest BCUT2D eigenvalue weighted by atomic mass is 16.7. The molecule has 1 aliphatic carbocycles. The molecule has 2 atom stereocenters. The third-order valence-corrected chi connectivity index (χ3v) is 2.13. The molecule has 0 bridgehead atoms. The van der Waals surface area contributed by atoms with Gasteiger partial charge in [-0.2, -0.15) is 0 Å². The van der Waals surface area contributed by atoms with Crippen molar-refractivity contribution in [2.45, 2.75) is 19.8 Å². The monoisotopic (exact) mass is 139 g/mol. The molecule has 3 heteroatoms. The lowest BCUT2D eigenvalue weighted by molar-refractivity contribution is -0.140. The molecule has 1 heterocycles. The molecular weight excluding hydrogens is 130 g/mol. The Hall–Kier alpha value is -0.860. The lowest BCUT2D eigenvalue weighted by Crippen LogP contribution is -2.01. The summed E-state index contributed by atoms with van der Waals surface area (Å²) in [6.07, 6.45) is 1.60. The predicted octanol–water partition coefficient (Wildman–Crippen LogP) is 0.945. The minimum Gasteiger partial charge on any atom is -0.318 e. The Balaban J connectivity index is 2.01. The van der Waals surface area contributed by atoms with Gasteiger partial charge in [0.15, 0.2) is 0 Å². The first kappa shape index (κ1) is 5.89. The molecule has 3 nitrogen and oxygen atoms in total. The van der Waals surface area contributed by atoms with Gasteiger partial charge in [0.2, 0.25) is 0 Å². The second-order valence-corrected chi connectivity index (χ2v) is 3.04. The summed E-state index contributed by atoms with van der Waals surface area (Å²) >= 11 is 0. The van der Waals surface area contributed by atoms with E-state index < -0.39 is 0 Å². The van der Waals surface area contributed by atoms with E-state index in [4.69, 9.17) is 0 Å². The van der Waals surface area contributed by atoms with Gasteiger partial charge < -0.3 is 4.84 Å². The van der Waals surface area contributed by atoms with Crippen LogP contribution in [-0.2, 0) is 9.63 Å². The van der Waals surface area contributed by atoms with Gasteiger partial charge in [-0.15, -0.1) is 0 Å². The zero-order valence-electron chi connectivity index (χ0n) is 5.83. The van der Waals surface area contributed by atoms with E-state index in [0.717, 1.165) is 5.71 Å². The van der Waals surface area contributed by atoms with Crippen LogP contribution in [0.25, 0.3) is 0 Å². The molecule has 0 aromatic rings. The average molecular weight is 139 g/mol. The van der Waals surface area contributed by atoms with Gasteiger partial charge in [0, 0.05) is 5.92 Å². The molecule has 1 fully saturated rings. The van der Waals surface area contributed by atoms with Gasteiger partial charge in [-0.05, 0) is 12.3 Å². The van der Waals surface area contributed by atoms with Crippen LogP contribution < -0.4 is 0 Å². The molecule has 0 N–H and O–H groups in total. The van der Waals surface area contributed by atoms with Crippen LogP contribution in [0.5, 0.6) is 0 Å². The number of carbonyl (C=O) groups excluding carboxylic acids is 1. The van der Waals surface area contributed by atoms with Gasteiger partial charge in [-0.1, -0.05) is 12.1 Å². The third-order valence-electron chi connectivity index (χ3n) is 2.13. The van der Waals surface area contributed by atoms with E-state index in [1.807, 2.05) is 0 Å². The van der Waals surface area contributed by atoms with Crippen LogP contribution in [0.4, 0.5) is 0 Å². The van der Waals surface area contributed by atoms with Crippen LogP contribution in [0, 0.1) is 11.8 Å². The fraction of sp³-hybridized carbons (Fsp3) is 0.714. The third kappa shape index (κ3) is 0.818. The van der Waals surface area contributed by atoms with Gasteiger partial charge >= 0.3 is 5.97 Å². The zero-order chi connectivity index (χ0) is 7.14. The average Bonchev–Trinajstić information content (AvgIpc) is 2.42. The first-order chi connectivity index (χ1) is 4.77. The second kappa shape index (κ2) is 1.81. The first-order valence-electron chi connectivity index (χ1n) is 3.54. The molecular formula is C7H9NO2. The molecule has 10 heavy (non-hydrogen) atoms. The van der Waals surface area contributed by atoms with Gasteiger partial charge in [0.25, 0.3) is 0 Å². The van der Waals surface area contributed by atoms with Crippen molar-refractivity contribution in [1.29, 1.82) is 0 Å². The Morgan fingerprint density at radius 1 is 1.70 bits per heavy atom. The van der Waals surface area contributed by atoms with Gasteiger partial charge in [-0.3, -0.25) is 0 Å². The first-order valence-corrected chi connectivity index (χ1v) is 3.54. The zero-order valence-corrected chi connectivity index (χ0v) is 5.83. The summed E-state index contributed by atoms with van der Waals surface area (Å²) in [4.78, 5) is 15.0. The number of nitrogens with zero attached hydrogens (tertiary/aromatic N) is 1. The Labute approximate surface area is 59.0 Å². The van der Waals surface area contributed by atoms with E-state index in [2.05, 4.69) is 16.9 Å². The fourth-order valence-corrected chi connectivity index (χ4v) is 1.31. The molecule has 1 aliphatic heterocycles.